The lowest BCUT2D eigenvalue weighted by Crippen LogP contribution is -2.38. The molecule has 3 N–H and O–H groups in total. The van der Waals surface area contributed by atoms with Crippen molar-refractivity contribution in [2.75, 3.05) is 20.1 Å². The van der Waals surface area contributed by atoms with Crippen molar-refractivity contribution in [3.63, 3.8) is 0 Å². The van der Waals surface area contributed by atoms with Gasteiger partial charge in [0.2, 0.25) is 5.56 Å². The highest BCUT2D eigenvalue weighted by atomic mass is 16.1. The van der Waals surface area contributed by atoms with Gasteiger partial charge in [-0.1, -0.05) is 43.3 Å². The second-order valence-electron chi connectivity index (χ2n) is 8.04. The molecule has 0 aliphatic carbocycles. The molecule has 1 atom stereocenters. The number of H-pyrrole nitrogens is 2. The Morgan fingerprint density at radius 1 is 1.12 bits per heavy atom. The van der Waals surface area contributed by atoms with Crippen LogP contribution in [0.1, 0.15) is 36.3 Å². The Balaban J connectivity index is 1.79. The molecule has 172 valence electrons. The summed E-state index contributed by atoms with van der Waals surface area (Å²) in [7, 11) is 1.92. The van der Waals surface area contributed by atoms with Crippen molar-refractivity contribution in [3.05, 3.63) is 92.5 Å². The lowest BCUT2D eigenvalue weighted by Gasteiger charge is -2.32. The van der Waals surface area contributed by atoms with E-state index in [9.17, 15) is 9.59 Å². The second kappa shape index (κ2) is 10.4. The molecule has 1 unspecified atom stereocenters. The number of hydrogen-bond acceptors (Lipinski definition) is 6. The van der Waals surface area contributed by atoms with Gasteiger partial charge in [0, 0.05) is 31.9 Å². The first-order chi connectivity index (χ1) is 16.1. The van der Waals surface area contributed by atoms with Gasteiger partial charge < -0.3 is 10.3 Å². The molecule has 0 aliphatic rings. The SMILES string of the molecule is CCC(c1nc2[nH]ncc2c(=O)n1Cc1ccccc1)N(CCNC)Cc1ccc(=O)[nH]c1. The largest absolute Gasteiger partial charge is 0.329 e. The number of nitrogens with one attached hydrogen (secondary N) is 3. The zero-order valence-corrected chi connectivity index (χ0v) is 18.9. The standard InChI is InChI=1S/C24H29N7O2/c1-3-20(30(12-11-25-2)15-18-9-10-21(32)26-13-18)23-28-22-19(14-27-29-22)24(33)31(23)16-17-7-5-4-6-8-17/h4-10,13-14,20,25H,3,11-12,15-16H2,1-2H3,(H,26,32)(H,27,29). The van der Waals surface area contributed by atoms with Crippen LogP contribution in [0.2, 0.25) is 0 Å². The minimum Gasteiger partial charge on any atom is -0.329 e. The van der Waals surface area contributed by atoms with E-state index in [4.69, 9.17) is 4.98 Å². The normalized spacial score (nSPS) is 12.5. The van der Waals surface area contributed by atoms with E-state index in [0.717, 1.165) is 30.6 Å². The van der Waals surface area contributed by atoms with Crippen molar-refractivity contribution in [3.8, 4) is 0 Å². The van der Waals surface area contributed by atoms with Gasteiger partial charge in [0.1, 0.15) is 11.2 Å². The number of nitrogens with zero attached hydrogens (tertiary/aromatic N) is 4. The smallest absolute Gasteiger partial charge is 0.265 e. The lowest BCUT2D eigenvalue weighted by molar-refractivity contribution is 0.172. The monoisotopic (exact) mass is 447 g/mol. The molecular weight excluding hydrogens is 418 g/mol. The van der Waals surface area contributed by atoms with Gasteiger partial charge in [0.25, 0.3) is 5.56 Å². The van der Waals surface area contributed by atoms with Crippen LogP contribution in [0, 0.1) is 0 Å². The van der Waals surface area contributed by atoms with Crippen LogP contribution < -0.4 is 16.4 Å². The van der Waals surface area contributed by atoms with E-state index in [1.807, 2.05) is 43.4 Å². The van der Waals surface area contributed by atoms with Crippen molar-refractivity contribution < 1.29 is 0 Å². The molecular formula is C24H29N7O2. The predicted molar refractivity (Wildman–Crippen MR) is 128 cm³/mol. The summed E-state index contributed by atoms with van der Waals surface area (Å²) in [4.78, 5) is 34.9. The third kappa shape index (κ3) is 5.10. The average Bonchev–Trinajstić information content (AvgIpc) is 3.31. The number of aromatic nitrogens is 5. The third-order valence-corrected chi connectivity index (χ3v) is 5.79. The van der Waals surface area contributed by atoms with E-state index < -0.39 is 0 Å². The molecule has 0 saturated carbocycles. The Labute approximate surface area is 191 Å². The minimum atomic E-state index is -0.129. The highest BCUT2D eigenvalue weighted by Crippen LogP contribution is 2.25. The second-order valence-corrected chi connectivity index (χ2v) is 8.04. The molecule has 9 nitrogen and oxygen atoms in total. The Morgan fingerprint density at radius 3 is 2.64 bits per heavy atom. The summed E-state index contributed by atoms with van der Waals surface area (Å²) in [6.07, 6.45) is 4.04. The fourth-order valence-corrected chi connectivity index (χ4v) is 4.10. The first kappa shape index (κ1) is 22.6. The zero-order chi connectivity index (χ0) is 23.2. The van der Waals surface area contributed by atoms with Gasteiger partial charge in [-0.2, -0.15) is 5.10 Å². The van der Waals surface area contributed by atoms with Crippen LogP contribution in [0.15, 0.2) is 64.4 Å². The summed E-state index contributed by atoms with van der Waals surface area (Å²) in [5.74, 6) is 0.698. The van der Waals surface area contributed by atoms with Gasteiger partial charge >= 0.3 is 0 Å². The van der Waals surface area contributed by atoms with Crippen LogP contribution in [-0.4, -0.2) is 49.8 Å². The van der Waals surface area contributed by atoms with E-state index in [1.165, 1.54) is 12.3 Å². The molecule has 0 radical (unpaired) electrons. The highest BCUT2D eigenvalue weighted by Gasteiger charge is 2.25. The maximum absolute atomic E-state index is 13.5. The fourth-order valence-electron chi connectivity index (χ4n) is 4.10. The van der Waals surface area contributed by atoms with Crippen molar-refractivity contribution in [2.24, 2.45) is 0 Å². The molecule has 4 aromatic rings. The van der Waals surface area contributed by atoms with E-state index in [-0.39, 0.29) is 17.2 Å². The van der Waals surface area contributed by atoms with Crippen LogP contribution in [-0.2, 0) is 13.1 Å². The molecule has 4 rings (SSSR count). The lowest BCUT2D eigenvalue weighted by atomic mass is 10.1. The van der Waals surface area contributed by atoms with Crippen LogP contribution in [0.4, 0.5) is 0 Å². The van der Waals surface area contributed by atoms with Crippen molar-refractivity contribution in [2.45, 2.75) is 32.5 Å². The van der Waals surface area contributed by atoms with E-state index in [2.05, 4.69) is 32.3 Å². The Hall–Kier alpha value is -3.56. The van der Waals surface area contributed by atoms with E-state index in [1.54, 1.807) is 10.8 Å². The Morgan fingerprint density at radius 2 is 1.94 bits per heavy atom. The van der Waals surface area contributed by atoms with Gasteiger partial charge in [0.05, 0.1) is 18.8 Å². The zero-order valence-electron chi connectivity index (χ0n) is 18.9. The van der Waals surface area contributed by atoms with E-state index in [0.29, 0.717) is 29.9 Å². The summed E-state index contributed by atoms with van der Waals surface area (Å²) >= 11 is 0. The molecule has 0 amide bonds. The molecule has 0 spiro atoms. The first-order valence-electron chi connectivity index (χ1n) is 11.1. The average molecular weight is 448 g/mol. The minimum absolute atomic E-state index is 0.108. The van der Waals surface area contributed by atoms with Crippen LogP contribution in [0.25, 0.3) is 11.0 Å². The van der Waals surface area contributed by atoms with Crippen LogP contribution >= 0.6 is 0 Å². The van der Waals surface area contributed by atoms with Crippen molar-refractivity contribution in [1.82, 2.24) is 34.9 Å². The summed E-state index contributed by atoms with van der Waals surface area (Å²) < 4.78 is 1.76. The van der Waals surface area contributed by atoms with Crippen LogP contribution in [0.5, 0.6) is 0 Å². The number of aromatic amines is 2. The molecule has 0 bridgehead atoms. The van der Waals surface area contributed by atoms with Gasteiger partial charge in [-0.15, -0.1) is 0 Å². The third-order valence-electron chi connectivity index (χ3n) is 5.79. The molecule has 0 fully saturated rings. The maximum atomic E-state index is 13.5. The quantitative estimate of drug-likeness (QED) is 0.343. The summed E-state index contributed by atoms with van der Waals surface area (Å²) in [5.41, 5.74) is 2.28. The van der Waals surface area contributed by atoms with Crippen LogP contribution in [0.3, 0.4) is 0 Å². The van der Waals surface area contributed by atoms with Gasteiger partial charge in [-0.3, -0.25) is 24.2 Å². The number of likely N-dealkylation sites (N-methyl/N-ethyl adjacent to an activating group) is 1. The topological polar surface area (TPSA) is 112 Å². The number of rotatable bonds is 10. The molecule has 0 aliphatic heterocycles. The van der Waals surface area contributed by atoms with Crippen molar-refractivity contribution in [1.29, 1.82) is 0 Å². The van der Waals surface area contributed by atoms with Crippen molar-refractivity contribution >= 4 is 11.0 Å². The molecule has 3 aromatic heterocycles. The number of hydrogen-bond donors (Lipinski definition) is 3. The highest BCUT2D eigenvalue weighted by molar-refractivity contribution is 5.72. The molecule has 33 heavy (non-hydrogen) atoms. The van der Waals surface area contributed by atoms with E-state index >= 15 is 0 Å². The fraction of sp³-hybridized carbons (Fsp3) is 0.333. The summed E-state index contributed by atoms with van der Waals surface area (Å²) in [5, 5.41) is 10.6. The molecule has 1 aromatic carbocycles. The predicted octanol–water partition coefficient (Wildman–Crippen LogP) is 2.03. The number of benzene rings is 1. The maximum Gasteiger partial charge on any atom is 0.265 e. The Kier molecular flexibility index (Phi) is 7.11. The summed E-state index contributed by atoms with van der Waals surface area (Å²) in [6.45, 7) is 4.66. The number of fused-ring (bicyclic) bond motifs is 1. The van der Waals surface area contributed by atoms with Gasteiger partial charge in [-0.25, -0.2) is 4.98 Å². The molecule has 0 saturated heterocycles. The Bertz CT molecular complexity index is 1290. The summed E-state index contributed by atoms with van der Waals surface area (Å²) in [6, 6.07) is 13.2. The first-order valence-corrected chi connectivity index (χ1v) is 11.1. The van der Waals surface area contributed by atoms with Gasteiger partial charge in [-0.05, 0) is 24.6 Å². The van der Waals surface area contributed by atoms with Gasteiger partial charge in [0.15, 0.2) is 5.65 Å². The molecule has 9 heteroatoms. The number of pyridine rings is 1. The molecule has 3 heterocycles.